The summed E-state index contributed by atoms with van der Waals surface area (Å²) in [5, 5.41) is 4.51. The maximum Gasteiger partial charge on any atom is 0.328 e. The highest BCUT2D eigenvalue weighted by atomic mass is 32.3. The van der Waals surface area contributed by atoms with Gasteiger partial charge in [0.15, 0.2) is 10.4 Å². The van der Waals surface area contributed by atoms with Crippen LogP contribution in [-0.4, -0.2) is 45.4 Å². The smallest absolute Gasteiger partial charge is 0.328 e. The summed E-state index contributed by atoms with van der Waals surface area (Å²) in [5.41, 5.74) is -1.13. The maximum absolute atomic E-state index is 14.1. The monoisotopic (exact) mass is 494 g/mol. The van der Waals surface area contributed by atoms with Crippen molar-refractivity contribution < 1.29 is 22.3 Å². The van der Waals surface area contributed by atoms with Gasteiger partial charge >= 0.3 is 6.03 Å². The van der Waals surface area contributed by atoms with Gasteiger partial charge in [-0.2, -0.15) is 0 Å². The molecular formula is C22H24F2N4O3S2. The summed E-state index contributed by atoms with van der Waals surface area (Å²) < 4.78 is 56.4. The molecule has 7 nitrogen and oxygen atoms in total. The van der Waals surface area contributed by atoms with Crippen LogP contribution in [-0.2, 0) is 14.6 Å². The van der Waals surface area contributed by atoms with E-state index in [0.29, 0.717) is 18.7 Å². The number of aliphatic imine (C=N–C) groups is 1. The summed E-state index contributed by atoms with van der Waals surface area (Å²) >= 11 is 1.13. The van der Waals surface area contributed by atoms with Crippen molar-refractivity contribution in [1.29, 1.82) is 0 Å². The number of hydrogen-bond acceptors (Lipinski definition) is 5. The molecule has 2 saturated heterocycles. The number of thiophene rings is 1. The normalized spacial score (nSPS) is 27.4. The Balaban J connectivity index is 1.60. The molecular weight excluding hydrogens is 470 g/mol. The minimum Gasteiger partial charge on any atom is -0.592 e. The molecule has 2 aromatic rings. The van der Waals surface area contributed by atoms with Crippen LogP contribution in [0.2, 0.25) is 0 Å². The molecule has 2 atom stereocenters. The molecule has 2 unspecified atom stereocenters. The number of amides is 2. The predicted molar refractivity (Wildman–Crippen MR) is 122 cm³/mol. The van der Waals surface area contributed by atoms with Crippen molar-refractivity contribution in [2.75, 3.05) is 18.0 Å². The Morgan fingerprint density at radius 2 is 1.91 bits per heavy atom. The number of benzene rings is 1. The molecule has 3 heterocycles. The zero-order valence-electron chi connectivity index (χ0n) is 17.8. The van der Waals surface area contributed by atoms with Crippen molar-refractivity contribution in [3.05, 3.63) is 47.3 Å². The number of carbonyl (C=O) groups is 1. The van der Waals surface area contributed by atoms with Gasteiger partial charge in [-0.1, -0.05) is 28.4 Å². The van der Waals surface area contributed by atoms with Crippen molar-refractivity contribution in [1.82, 2.24) is 9.62 Å². The standard InChI is InChI=1S/C22H24F2N4O3S2/c23-15-11-16(24)13-18(12-15)28-21(29)26-20(25-17-5-1-2-6-17)22(28)8-4-9-27(14-22)33(30,31)19-7-3-10-32-19/h3,7,10-13,17H,1-2,4-6,8-9,14H2,(H-,25,26,29,30,31). The Morgan fingerprint density at radius 3 is 2.58 bits per heavy atom. The average molecular weight is 495 g/mol. The van der Waals surface area contributed by atoms with E-state index in [1.54, 1.807) is 17.5 Å². The van der Waals surface area contributed by atoms with Crippen molar-refractivity contribution >= 4 is 39.3 Å². The fraction of sp³-hybridized carbons (Fsp3) is 0.455. The van der Waals surface area contributed by atoms with Gasteiger partial charge in [0.05, 0.1) is 18.3 Å². The quantitative estimate of drug-likeness (QED) is 0.642. The van der Waals surface area contributed by atoms with E-state index in [9.17, 15) is 22.3 Å². The molecule has 176 valence electrons. The molecule has 2 amide bonds. The molecule has 0 bridgehead atoms. The lowest BCUT2D eigenvalue weighted by atomic mass is 9.87. The van der Waals surface area contributed by atoms with Crippen LogP contribution in [0.15, 0.2) is 44.9 Å². The number of nitrogens with zero attached hydrogens (tertiary/aromatic N) is 3. The fourth-order valence-corrected chi connectivity index (χ4v) is 7.77. The van der Waals surface area contributed by atoms with Crippen molar-refractivity contribution in [2.45, 2.75) is 54.3 Å². The molecule has 1 N–H and O–H groups in total. The Hall–Kier alpha value is -2.21. The SMILES string of the molecule is O=C1NC(=NC2CCCC2)C2(CCCN([S+](=O)([O-])c3cccs3)C2)N1c1cc(F)cc(F)c1. The number of sulfonamides is 1. The van der Waals surface area contributed by atoms with Gasteiger partial charge in [0.2, 0.25) is 4.21 Å². The Morgan fingerprint density at radius 1 is 1.18 bits per heavy atom. The summed E-state index contributed by atoms with van der Waals surface area (Å²) in [6.07, 6.45) is 4.76. The van der Waals surface area contributed by atoms with Crippen LogP contribution in [0.25, 0.3) is 0 Å². The van der Waals surface area contributed by atoms with Gasteiger partial charge < -0.3 is 4.55 Å². The highest BCUT2D eigenvalue weighted by molar-refractivity contribution is 7.97. The largest absolute Gasteiger partial charge is 0.592 e. The maximum atomic E-state index is 14.1. The summed E-state index contributed by atoms with van der Waals surface area (Å²) in [4.78, 5) is 19.3. The molecule has 1 saturated carbocycles. The van der Waals surface area contributed by atoms with E-state index in [0.717, 1.165) is 55.2 Å². The van der Waals surface area contributed by atoms with Crippen LogP contribution in [0.5, 0.6) is 0 Å². The number of rotatable bonds is 4. The average Bonchev–Trinajstić information content (AvgIpc) is 3.51. The summed E-state index contributed by atoms with van der Waals surface area (Å²) in [6, 6.07) is 5.62. The Kier molecular flexibility index (Phi) is 5.84. The van der Waals surface area contributed by atoms with Crippen LogP contribution < -0.4 is 10.2 Å². The van der Waals surface area contributed by atoms with E-state index >= 15 is 0 Å². The Labute approximate surface area is 195 Å². The van der Waals surface area contributed by atoms with Crippen molar-refractivity contribution in [3.8, 4) is 0 Å². The van der Waals surface area contributed by atoms with Gasteiger partial charge in [0, 0.05) is 18.7 Å². The third kappa shape index (κ3) is 4.01. The lowest BCUT2D eigenvalue weighted by Crippen LogP contribution is -2.62. The van der Waals surface area contributed by atoms with E-state index in [2.05, 4.69) is 5.32 Å². The lowest BCUT2D eigenvalue weighted by Gasteiger charge is -2.44. The second-order valence-corrected chi connectivity index (χ2v) is 11.8. The van der Waals surface area contributed by atoms with E-state index in [1.807, 2.05) is 0 Å². The van der Waals surface area contributed by atoms with Crippen LogP contribution >= 0.6 is 11.3 Å². The molecule has 1 aromatic carbocycles. The van der Waals surface area contributed by atoms with Gasteiger partial charge in [0.1, 0.15) is 23.0 Å². The summed E-state index contributed by atoms with van der Waals surface area (Å²) in [7, 11) is -3.79. The Bertz CT molecular complexity index is 1120. The number of piperidine rings is 1. The minimum atomic E-state index is -3.79. The van der Waals surface area contributed by atoms with Crippen molar-refractivity contribution in [2.24, 2.45) is 4.99 Å². The van der Waals surface area contributed by atoms with Crippen LogP contribution in [0.4, 0.5) is 19.3 Å². The third-order valence-electron chi connectivity index (χ3n) is 6.56. The third-order valence-corrected chi connectivity index (χ3v) is 9.78. The van der Waals surface area contributed by atoms with Crippen molar-refractivity contribution in [3.63, 3.8) is 0 Å². The first-order valence-electron chi connectivity index (χ1n) is 11.0. The number of hydrogen-bond donors (Lipinski definition) is 1. The number of halogens is 2. The topological polar surface area (TPSA) is 88.1 Å². The van der Waals surface area contributed by atoms with Crippen LogP contribution in [0.3, 0.4) is 0 Å². The highest BCUT2D eigenvalue weighted by Crippen LogP contribution is 2.41. The second kappa shape index (κ2) is 8.53. The minimum absolute atomic E-state index is 0.0330. The number of anilines is 1. The van der Waals surface area contributed by atoms with Gasteiger partial charge in [-0.3, -0.25) is 15.2 Å². The number of carbonyl (C=O) groups excluding carboxylic acids is 1. The molecule has 1 aliphatic carbocycles. The molecule has 33 heavy (non-hydrogen) atoms. The molecule has 2 aliphatic heterocycles. The van der Waals surface area contributed by atoms with E-state index in [4.69, 9.17) is 4.99 Å². The first-order valence-corrected chi connectivity index (χ1v) is 13.3. The second-order valence-electron chi connectivity index (χ2n) is 8.72. The number of urea groups is 1. The molecule has 1 spiro atoms. The number of amidine groups is 1. The predicted octanol–water partition coefficient (Wildman–Crippen LogP) is 4.34. The molecule has 0 radical (unpaired) electrons. The molecule has 11 heteroatoms. The lowest BCUT2D eigenvalue weighted by molar-refractivity contribution is 0.236. The van der Waals surface area contributed by atoms with E-state index in [-0.39, 0.29) is 29.0 Å². The van der Waals surface area contributed by atoms with Gasteiger partial charge in [-0.15, -0.1) is 4.31 Å². The summed E-state index contributed by atoms with van der Waals surface area (Å²) in [5.74, 6) is -1.24. The summed E-state index contributed by atoms with van der Waals surface area (Å²) in [6.45, 7) is 0.244. The van der Waals surface area contributed by atoms with E-state index in [1.165, 1.54) is 9.21 Å². The molecule has 3 fully saturated rings. The fourth-order valence-electron chi connectivity index (χ4n) is 5.09. The van der Waals surface area contributed by atoms with Crippen LogP contribution in [0.1, 0.15) is 38.5 Å². The first-order chi connectivity index (χ1) is 15.8. The number of nitrogens with one attached hydrogen (secondary N) is 1. The van der Waals surface area contributed by atoms with E-state index < -0.39 is 33.6 Å². The zero-order chi connectivity index (χ0) is 23.2. The molecule has 1 aromatic heterocycles. The zero-order valence-corrected chi connectivity index (χ0v) is 19.5. The van der Waals surface area contributed by atoms with Gasteiger partial charge in [0.25, 0.3) is 0 Å². The molecule has 5 rings (SSSR count). The molecule has 3 aliphatic rings. The van der Waals surface area contributed by atoms with Gasteiger partial charge in [-0.05, 0) is 49.3 Å². The first kappa shape index (κ1) is 22.6. The van der Waals surface area contributed by atoms with Gasteiger partial charge in [-0.25, -0.2) is 13.6 Å². The highest BCUT2D eigenvalue weighted by Gasteiger charge is 2.57. The van der Waals surface area contributed by atoms with Crippen LogP contribution in [0, 0.1) is 11.6 Å².